The van der Waals surface area contributed by atoms with Crippen LogP contribution in [0.15, 0.2) is 24.3 Å². The molecule has 2 aromatic rings. The van der Waals surface area contributed by atoms with Gasteiger partial charge in [0.25, 0.3) is 0 Å². The lowest BCUT2D eigenvalue weighted by molar-refractivity contribution is 0.295. The van der Waals surface area contributed by atoms with Crippen molar-refractivity contribution in [3.05, 3.63) is 51.8 Å². The number of aromatic nitrogens is 2. The van der Waals surface area contributed by atoms with Crippen LogP contribution in [0.1, 0.15) is 11.5 Å². The number of hydrogen-bond donors (Lipinski definition) is 0. The lowest BCUT2D eigenvalue weighted by Crippen LogP contribution is -2.03. The van der Waals surface area contributed by atoms with Crippen molar-refractivity contribution in [2.75, 3.05) is 0 Å². The highest BCUT2D eigenvalue weighted by atomic mass is 35.5. The normalized spacial score (nSPS) is 10.4. The van der Waals surface area contributed by atoms with Crippen molar-refractivity contribution in [2.45, 2.75) is 13.5 Å². The molecule has 3 nitrogen and oxygen atoms in total. The third-order valence-corrected chi connectivity index (χ3v) is 2.61. The highest BCUT2D eigenvalue weighted by molar-refractivity contribution is 6.30. The Morgan fingerprint density at radius 1 is 1.22 bits per heavy atom. The first-order valence-corrected chi connectivity index (χ1v) is 5.88. The second-order valence-electron chi connectivity index (χ2n) is 3.61. The minimum absolute atomic E-state index is 0.00990. The van der Waals surface area contributed by atoms with Crippen molar-refractivity contribution in [3.63, 3.8) is 0 Å². The SMILES string of the molecule is Cc1cc(Cl)nc(COc2ccc(F)c(Cl)c2)n1. The molecule has 1 aromatic heterocycles. The van der Waals surface area contributed by atoms with E-state index in [0.717, 1.165) is 5.69 Å². The molecule has 0 saturated heterocycles. The maximum atomic E-state index is 12.9. The Balaban J connectivity index is 2.08. The quantitative estimate of drug-likeness (QED) is 0.805. The number of halogens is 3. The predicted molar refractivity (Wildman–Crippen MR) is 67.5 cm³/mol. The van der Waals surface area contributed by atoms with E-state index < -0.39 is 5.82 Å². The van der Waals surface area contributed by atoms with Crippen molar-refractivity contribution >= 4 is 23.2 Å². The van der Waals surface area contributed by atoms with Gasteiger partial charge in [0.1, 0.15) is 23.3 Å². The molecule has 0 saturated carbocycles. The van der Waals surface area contributed by atoms with Crippen molar-refractivity contribution < 1.29 is 9.13 Å². The van der Waals surface area contributed by atoms with E-state index in [2.05, 4.69) is 9.97 Å². The summed E-state index contributed by atoms with van der Waals surface area (Å²) in [6, 6.07) is 5.77. The summed E-state index contributed by atoms with van der Waals surface area (Å²) in [5.74, 6) is 0.418. The van der Waals surface area contributed by atoms with Crippen LogP contribution in [0.3, 0.4) is 0 Å². The maximum Gasteiger partial charge on any atom is 0.167 e. The molecule has 0 fully saturated rings. The Bertz CT molecular complexity index is 558. The van der Waals surface area contributed by atoms with Gasteiger partial charge in [-0.05, 0) is 25.1 Å². The Morgan fingerprint density at radius 2 is 2.00 bits per heavy atom. The molecular weight excluding hydrogens is 278 g/mol. The van der Waals surface area contributed by atoms with E-state index in [-0.39, 0.29) is 11.6 Å². The minimum atomic E-state index is -0.487. The lowest BCUT2D eigenvalue weighted by Gasteiger charge is -2.06. The van der Waals surface area contributed by atoms with Gasteiger partial charge in [-0.2, -0.15) is 0 Å². The van der Waals surface area contributed by atoms with Gasteiger partial charge in [-0.25, -0.2) is 14.4 Å². The summed E-state index contributed by atoms with van der Waals surface area (Å²) in [4.78, 5) is 8.17. The first-order chi connectivity index (χ1) is 8.54. The van der Waals surface area contributed by atoms with Crippen LogP contribution in [-0.4, -0.2) is 9.97 Å². The molecule has 6 heteroatoms. The van der Waals surface area contributed by atoms with Gasteiger partial charge in [-0.1, -0.05) is 23.2 Å². The smallest absolute Gasteiger partial charge is 0.167 e. The molecular formula is C12H9Cl2FN2O. The van der Waals surface area contributed by atoms with Gasteiger partial charge >= 0.3 is 0 Å². The fraction of sp³-hybridized carbons (Fsp3) is 0.167. The van der Waals surface area contributed by atoms with Crippen LogP contribution < -0.4 is 4.74 Å². The van der Waals surface area contributed by atoms with Crippen LogP contribution in [0, 0.1) is 12.7 Å². The summed E-state index contributed by atoms with van der Waals surface area (Å²) in [6.45, 7) is 1.95. The molecule has 2 rings (SSSR count). The molecule has 0 spiro atoms. The van der Waals surface area contributed by atoms with Crippen LogP contribution in [0.5, 0.6) is 5.75 Å². The van der Waals surface area contributed by atoms with Gasteiger partial charge < -0.3 is 4.74 Å². The van der Waals surface area contributed by atoms with Gasteiger partial charge in [-0.15, -0.1) is 0 Å². The number of ether oxygens (including phenoxy) is 1. The van der Waals surface area contributed by atoms with Crippen LogP contribution in [0.2, 0.25) is 10.2 Å². The first-order valence-electron chi connectivity index (χ1n) is 5.12. The lowest BCUT2D eigenvalue weighted by atomic mass is 10.3. The van der Waals surface area contributed by atoms with Crippen LogP contribution in [0.4, 0.5) is 4.39 Å². The van der Waals surface area contributed by atoms with Gasteiger partial charge in [0.05, 0.1) is 5.02 Å². The molecule has 0 aliphatic rings. The zero-order valence-electron chi connectivity index (χ0n) is 9.45. The van der Waals surface area contributed by atoms with E-state index in [4.69, 9.17) is 27.9 Å². The molecule has 0 atom stereocenters. The summed E-state index contributed by atoms with van der Waals surface area (Å²) in [6.07, 6.45) is 0. The number of rotatable bonds is 3. The van der Waals surface area contributed by atoms with Gasteiger partial charge in [0.2, 0.25) is 0 Å². The van der Waals surface area contributed by atoms with Crippen molar-refractivity contribution in [1.29, 1.82) is 0 Å². The largest absolute Gasteiger partial charge is 0.486 e. The van der Waals surface area contributed by atoms with E-state index in [9.17, 15) is 4.39 Å². The Hall–Kier alpha value is -1.39. The minimum Gasteiger partial charge on any atom is -0.486 e. The van der Waals surface area contributed by atoms with E-state index in [0.29, 0.717) is 16.7 Å². The summed E-state index contributed by atoms with van der Waals surface area (Å²) >= 11 is 11.4. The van der Waals surface area contributed by atoms with Crippen LogP contribution in [-0.2, 0) is 6.61 Å². The van der Waals surface area contributed by atoms with Crippen molar-refractivity contribution in [3.8, 4) is 5.75 Å². The standard InChI is InChI=1S/C12H9Cl2FN2O/c1-7-4-11(14)17-12(16-7)6-18-8-2-3-10(15)9(13)5-8/h2-5H,6H2,1H3. The van der Waals surface area contributed by atoms with E-state index in [1.807, 2.05) is 6.92 Å². The molecule has 1 aromatic carbocycles. The van der Waals surface area contributed by atoms with Gasteiger partial charge in [0.15, 0.2) is 5.82 Å². The third kappa shape index (κ3) is 3.31. The second-order valence-corrected chi connectivity index (χ2v) is 4.41. The summed E-state index contributed by atoms with van der Waals surface area (Å²) in [5.41, 5.74) is 0.755. The third-order valence-electron chi connectivity index (χ3n) is 2.13. The van der Waals surface area contributed by atoms with Crippen molar-refractivity contribution in [2.24, 2.45) is 0 Å². The molecule has 0 amide bonds. The second kappa shape index (κ2) is 5.50. The van der Waals surface area contributed by atoms with E-state index in [1.165, 1.54) is 18.2 Å². The topological polar surface area (TPSA) is 35.0 Å². The van der Waals surface area contributed by atoms with Gasteiger partial charge in [0, 0.05) is 11.8 Å². The van der Waals surface area contributed by atoms with Crippen LogP contribution >= 0.6 is 23.2 Å². The highest BCUT2D eigenvalue weighted by Crippen LogP contribution is 2.21. The predicted octanol–water partition coefficient (Wildman–Crippen LogP) is 3.81. The highest BCUT2D eigenvalue weighted by Gasteiger charge is 2.04. The average Bonchev–Trinajstić information content (AvgIpc) is 2.29. The number of benzene rings is 1. The summed E-state index contributed by atoms with van der Waals surface area (Å²) in [7, 11) is 0. The molecule has 94 valence electrons. The Morgan fingerprint density at radius 3 is 2.67 bits per heavy atom. The van der Waals surface area contributed by atoms with Gasteiger partial charge in [-0.3, -0.25) is 0 Å². The number of hydrogen-bond acceptors (Lipinski definition) is 3. The molecule has 0 radical (unpaired) electrons. The zero-order chi connectivity index (χ0) is 13.1. The fourth-order valence-electron chi connectivity index (χ4n) is 1.37. The summed E-state index contributed by atoms with van der Waals surface area (Å²) in [5, 5.41) is 0.369. The molecule has 18 heavy (non-hydrogen) atoms. The number of nitrogens with zero attached hydrogens (tertiary/aromatic N) is 2. The zero-order valence-corrected chi connectivity index (χ0v) is 11.0. The van der Waals surface area contributed by atoms with E-state index >= 15 is 0 Å². The molecule has 0 bridgehead atoms. The van der Waals surface area contributed by atoms with E-state index in [1.54, 1.807) is 6.07 Å². The molecule has 0 unspecified atom stereocenters. The molecule has 0 aliphatic heterocycles. The van der Waals surface area contributed by atoms with Crippen molar-refractivity contribution in [1.82, 2.24) is 9.97 Å². The summed E-state index contributed by atoms with van der Waals surface area (Å²) < 4.78 is 18.3. The molecule has 0 aliphatic carbocycles. The fourth-order valence-corrected chi connectivity index (χ4v) is 1.79. The maximum absolute atomic E-state index is 12.9. The first kappa shape index (κ1) is 13.1. The van der Waals surface area contributed by atoms with Crippen LogP contribution in [0.25, 0.3) is 0 Å². The molecule has 1 heterocycles. The average molecular weight is 287 g/mol. The number of aryl methyl sites for hydroxylation is 1. The monoisotopic (exact) mass is 286 g/mol. The Labute approximate surface area is 114 Å². The Kier molecular flexibility index (Phi) is 3.99. The molecule has 0 N–H and O–H groups in total.